The van der Waals surface area contributed by atoms with Gasteiger partial charge in [-0.1, -0.05) is 26.0 Å². The zero-order valence-corrected chi connectivity index (χ0v) is 16.4. The predicted molar refractivity (Wildman–Crippen MR) is 106 cm³/mol. The molecule has 0 atom stereocenters. The number of aromatic nitrogens is 2. The Morgan fingerprint density at radius 2 is 2.04 bits per heavy atom. The first-order valence-corrected chi connectivity index (χ1v) is 9.20. The van der Waals surface area contributed by atoms with Crippen molar-refractivity contribution in [1.82, 2.24) is 9.55 Å². The van der Waals surface area contributed by atoms with E-state index >= 15 is 0 Å². The van der Waals surface area contributed by atoms with Gasteiger partial charge in [0, 0.05) is 18.8 Å². The maximum absolute atomic E-state index is 13.4. The van der Waals surface area contributed by atoms with Crippen LogP contribution in [0, 0.1) is 19.8 Å². The normalized spacial score (nSPS) is 11.3. The highest BCUT2D eigenvalue weighted by Gasteiger charge is 2.27. The summed E-state index contributed by atoms with van der Waals surface area (Å²) in [7, 11) is 0. The smallest absolute Gasteiger partial charge is 0.265 e. The number of fused-ring (bicyclic) bond motifs is 1. The summed E-state index contributed by atoms with van der Waals surface area (Å²) in [6, 6.07) is 7.74. The minimum Gasteiger partial charge on any atom is -0.442 e. The molecule has 0 aliphatic heterocycles. The summed E-state index contributed by atoms with van der Waals surface area (Å²) in [6.45, 7) is 10.7. The number of carbonyl (C=O) groups is 1. The number of hydrogen-bond acceptors (Lipinski definition) is 4. The summed E-state index contributed by atoms with van der Waals surface area (Å²) in [5.74, 6) is 0.446. The van der Waals surface area contributed by atoms with Crippen LogP contribution in [0.2, 0.25) is 0 Å². The maximum atomic E-state index is 13.4. The molecule has 0 spiro atoms. The number of furan rings is 1. The Bertz CT molecular complexity index is 1050. The van der Waals surface area contributed by atoms with Crippen molar-refractivity contribution in [2.24, 2.45) is 5.92 Å². The summed E-state index contributed by atoms with van der Waals surface area (Å²) in [5, 5.41) is 0.256. The van der Waals surface area contributed by atoms with Crippen molar-refractivity contribution in [3.63, 3.8) is 0 Å². The number of rotatable bonds is 5. The van der Waals surface area contributed by atoms with Crippen molar-refractivity contribution in [3.8, 4) is 0 Å². The number of carbonyl (C=O) groups excluding carboxylic acids is 1. The van der Waals surface area contributed by atoms with Gasteiger partial charge in [-0.05, 0) is 44.4 Å². The van der Waals surface area contributed by atoms with Crippen LogP contribution in [-0.4, -0.2) is 22.0 Å². The van der Waals surface area contributed by atoms with E-state index in [4.69, 9.17) is 4.42 Å². The van der Waals surface area contributed by atoms with Gasteiger partial charge in [-0.15, -0.1) is 0 Å². The highest BCUT2D eigenvalue weighted by atomic mass is 16.3. The van der Waals surface area contributed by atoms with Crippen LogP contribution in [0.1, 0.15) is 42.5 Å². The number of benzene rings is 1. The van der Waals surface area contributed by atoms with E-state index in [9.17, 15) is 9.59 Å². The highest BCUT2D eigenvalue weighted by Crippen LogP contribution is 2.25. The second-order valence-corrected chi connectivity index (χ2v) is 7.20. The Hall–Kier alpha value is -2.89. The lowest BCUT2D eigenvalue weighted by molar-refractivity contribution is 0.0988. The van der Waals surface area contributed by atoms with Crippen LogP contribution in [0.3, 0.4) is 0 Å². The zero-order valence-electron chi connectivity index (χ0n) is 16.4. The highest BCUT2D eigenvalue weighted by molar-refractivity contribution is 6.13. The van der Waals surface area contributed by atoms with Crippen molar-refractivity contribution in [2.75, 3.05) is 11.4 Å². The van der Waals surface area contributed by atoms with E-state index in [0.717, 1.165) is 11.3 Å². The predicted octanol–water partition coefficient (Wildman–Crippen LogP) is 3.93. The van der Waals surface area contributed by atoms with E-state index in [1.165, 1.54) is 6.33 Å². The van der Waals surface area contributed by atoms with Crippen molar-refractivity contribution in [1.29, 1.82) is 0 Å². The molecule has 2 heterocycles. The van der Waals surface area contributed by atoms with Crippen LogP contribution in [0.4, 0.5) is 5.69 Å². The average Bonchev–Trinajstić information content (AvgIpc) is 2.94. The maximum Gasteiger partial charge on any atom is 0.265 e. The molecule has 0 N–H and O–H groups in total. The minimum atomic E-state index is -0.249. The molecule has 0 aliphatic carbocycles. The largest absolute Gasteiger partial charge is 0.442 e. The SMILES string of the molecule is CCN(C(=O)c1c(C)oc2ncn(CC(C)C)c(=O)c12)c1cccc(C)c1. The summed E-state index contributed by atoms with van der Waals surface area (Å²) in [5.41, 5.74) is 2.12. The molecule has 0 saturated heterocycles. The van der Waals surface area contributed by atoms with Crippen molar-refractivity contribution < 1.29 is 9.21 Å². The van der Waals surface area contributed by atoms with Crippen molar-refractivity contribution in [3.05, 3.63) is 57.8 Å². The molecular weight excluding hydrogens is 342 g/mol. The molecule has 27 heavy (non-hydrogen) atoms. The summed E-state index contributed by atoms with van der Waals surface area (Å²) in [6.07, 6.45) is 1.49. The van der Waals surface area contributed by atoms with Gasteiger partial charge in [-0.25, -0.2) is 4.98 Å². The molecule has 1 aromatic carbocycles. The molecule has 0 bridgehead atoms. The van der Waals surface area contributed by atoms with Crippen molar-refractivity contribution in [2.45, 2.75) is 41.2 Å². The molecule has 0 unspecified atom stereocenters. The molecule has 6 nitrogen and oxygen atoms in total. The second kappa shape index (κ2) is 7.39. The molecule has 3 aromatic rings. The van der Waals surface area contributed by atoms with Crippen LogP contribution < -0.4 is 10.5 Å². The standard InChI is InChI=1S/C21H25N3O3/c1-6-24(16-9-7-8-14(4)10-16)21(26)17-15(5)27-19-18(17)20(25)23(12-22-19)11-13(2)3/h7-10,12-13H,6,11H2,1-5H3. The first-order chi connectivity index (χ1) is 12.8. The Kier molecular flexibility index (Phi) is 5.17. The van der Waals surface area contributed by atoms with Gasteiger partial charge in [0.1, 0.15) is 17.5 Å². The van der Waals surface area contributed by atoms with E-state index in [0.29, 0.717) is 24.4 Å². The number of amides is 1. The number of aryl methyl sites for hydroxylation is 2. The molecule has 0 radical (unpaired) electrons. The Morgan fingerprint density at radius 3 is 2.67 bits per heavy atom. The molecule has 142 valence electrons. The average molecular weight is 367 g/mol. The third kappa shape index (κ3) is 3.52. The fourth-order valence-electron chi connectivity index (χ4n) is 3.29. The van der Waals surface area contributed by atoms with Crippen LogP contribution in [0.25, 0.3) is 11.1 Å². The molecule has 0 aliphatic rings. The molecule has 2 aromatic heterocycles. The molecular formula is C21H25N3O3. The molecule has 1 amide bonds. The minimum absolute atomic E-state index is 0.209. The lowest BCUT2D eigenvalue weighted by Gasteiger charge is -2.21. The lowest BCUT2D eigenvalue weighted by Crippen LogP contribution is -2.32. The monoisotopic (exact) mass is 367 g/mol. The summed E-state index contributed by atoms with van der Waals surface area (Å²) < 4.78 is 7.19. The van der Waals surface area contributed by atoms with Crippen LogP contribution in [0.15, 0.2) is 39.8 Å². The third-order valence-corrected chi connectivity index (χ3v) is 4.51. The van der Waals surface area contributed by atoms with Crippen LogP contribution in [0.5, 0.6) is 0 Å². The van der Waals surface area contributed by atoms with Gasteiger partial charge in [0.05, 0.1) is 5.56 Å². The number of hydrogen-bond donors (Lipinski definition) is 0. The zero-order chi connectivity index (χ0) is 19.7. The Morgan fingerprint density at radius 1 is 1.30 bits per heavy atom. The first kappa shape index (κ1) is 18.9. The second-order valence-electron chi connectivity index (χ2n) is 7.20. The van der Waals surface area contributed by atoms with E-state index in [2.05, 4.69) is 4.98 Å². The summed E-state index contributed by atoms with van der Waals surface area (Å²) >= 11 is 0. The quantitative estimate of drug-likeness (QED) is 0.685. The van der Waals surface area contributed by atoms with E-state index in [-0.39, 0.29) is 28.5 Å². The fourth-order valence-corrected chi connectivity index (χ4v) is 3.29. The Labute approximate surface area is 158 Å². The Balaban J connectivity index is 2.16. The molecule has 6 heteroatoms. The van der Waals surface area contributed by atoms with Gasteiger partial charge in [-0.3, -0.25) is 14.2 Å². The van der Waals surface area contributed by atoms with E-state index < -0.39 is 0 Å². The van der Waals surface area contributed by atoms with Gasteiger partial charge in [0.25, 0.3) is 11.5 Å². The van der Waals surface area contributed by atoms with Crippen LogP contribution >= 0.6 is 0 Å². The van der Waals surface area contributed by atoms with E-state index in [1.807, 2.05) is 52.0 Å². The molecule has 3 rings (SSSR count). The van der Waals surface area contributed by atoms with Crippen molar-refractivity contribution >= 4 is 22.7 Å². The van der Waals surface area contributed by atoms with Gasteiger partial charge < -0.3 is 9.32 Å². The van der Waals surface area contributed by atoms with Gasteiger partial charge in [0.2, 0.25) is 5.71 Å². The lowest BCUT2D eigenvalue weighted by atomic mass is 10.1. The topological polar surface area (TPSA) is 68.3 Å². The fraction of sp³-hybridized carbons (Fsp3) is 0.381. The van der Waals surface area contributed by atoms with Gasteiger partial charge in [-0.2, -0.15) is 0 Å². The van der Waals surface area contributed by atoms with Gasteiger partial charge in [0.15, 0.2) is 0 Å². The number of nitrogens with zero attached hydrogens (tertiary/aromatic N) is 3. The molecule has 0 saturated carbocycles. The van der Waals surface area contributed by atoms with Crippen LogP contribution in [-0.2, 0) is 6.54 Å². The summed E-state index contributed by atoms with van der Waals surface area (Å²) in [4.78, 5) is 32.3. The first-order valence-electron chi connectivity index (χ1n) is 9.20. The van der Waals surface area contributed by atoms with Gasteiger partial charge >= 0.3 is 0 Å². The number of anilines is 1. The molecule has 0 fully saturated rings. The van der Waals surface area contributed by atoms with E-state index in [1.54, 1.807) is 16.4 Å². The third-order valence-electron chi connectivity index (χ3n) is 4.51.